The Morgan fingerprint density at radius 1 is 0.582 bits per heavy atom. The molecule has 0 bridgehead atoms. The van der Waals surface area contributed by atoms with Crippen LogP contribution in [0.3, 0.4) is 0 Å². The highest BCUT2D eigenvalue weighted by Crippen LogP contribution is 2.17. The first-order chi connectivity index (χ1) is 32.2. The van der Waals surface area contributed by atoms with Crippen LogP contribution in [-0.2, 0) is 37.6 Å². The van der Waals surface area contributed by atoms with Gasteiger partial charge >= 0.3 is 6.09 Å². The van der Waals surface area contributed by atoms with Gasteiger partial charge < -0.3 is 44.8 Å². The summed E-state index contributed by atoms with van der Waals surface area (Å²) in [6.07, 6.45) is 5.46. The van der Waals surface area contributed by atoms with Crippen molar-refractivity contribution >= 4 is 17.7 Å². The van der Waals surface area contributed by atoms with Crippen LogP contribution in [0.25, 0.3) is 9.69 Å². The van der Waals surface area contributed by atoms with Crippen LogP contribution in [0.15, 0.2) is 146 Å². The zero-order valence-corrected chi connectivity index (χ0v) is 36.8. The van der Waals surface area contributed by atoms with Crippen LogP contribution in [0, 0.1) is 30.6 Å². The molecule has 17 heteroatoms. The van der Waals surface area contributed by atoms with Gasteiger partial charge in [0.15, 0.2) is 23.9 Å². The summed E-state index contributed by atoms with van der Waals surface area (Å²) in [7, 11) is 0. The second-order valence-electron chi connectivity index (χ2n) is 14.7. The summed E-state index contributed by atoms with van der Waals surface area (Å²) < 4.78 is 59.8. The molecule has 0 aliphatic heterocycles. The number of amides is 1. The SMILES string of the molecule is CC(C)(C)OC(=O)NCc1ccc(OCc2ccc(F)cc2)cn1.NCc1ccc(OCc2ccc(F)cc2)cn1.[C-]#[N+]c1ccc(O)cn1.[C-]#[N+]c1ccc(OCc2ccc(F)cc2)cn1. The van der Waals surface area contributed by atoms with Gasteiger partial charge in [-0.2, -0.15) is 0 Å². The molecule has 0 aliphatic rings. The summed E-state index contributed by atoms with van der Waals surface area (Å²) in [5, 5.41) is 11.3. The van der Waals surface area contributed by atoms with Crippen molar-refractivity contribution in [1.82, 2.24) is 25.3 Å². The van der Waals surface area contributed by atoms with Crippen LogP contribution >= 0.6 is 0 Å². The summed E-state index contributed by atoms with van der Waals surface area (Å²) in [6, 6.07) is 31.8. The van der Waals surface area contributed by atoms with E-state index in [9.17, 15) is 18.0 Å². The van der Waals surface area contributed by atoms with Gasteiger partial charge in [0.1, 0.15) is 54.4 Å². The minimum atomic E-state index is -0.532. The number of hydrogen-bond acceptors (Lipinski definition) is 11. The number of carbonyl (C=O) groups excluding carboxylic acids is 1. The van der Waals surface area contributed by atoms with E-state index in [0.717, 1.165) is 22.4 Å². The summed E-state index contributed by atoms with van der Waals surface area (Å²) in [6.45, 7) is 20.4. The Kier molecular flexibility index (Phi) is 20.5. The van der Waals surface area contributed by atoms with Crippen molar-refractivity contribution in [2.24, 2.45) is 5.73 Å². The number of alkyl carbamates (subject to hydrolysis) is 1. The second kappa shape index (κ2) is 26.9. The number of pyridine rings is 4. The van der Waals surface area contributed by atoms with Gasteiger partial charge in [0, 0.05) is 6.54 Å². The summed E-state index contributed by atoms with van der Waals surface area (Å²) in [4.78, 5) is 33.6. The van der Waals surface area contributed by atoms with Crippen molar-refractivity contribution in [3.63, 3.8) is 0 Å². The van der Waals surface area contributed by atoms with Gasteiger partial charge in [-0.1, -0.05) is 49.5 Å². The van der Waals surface area contributed by atoms with Crippen molar-refractivity contribution in [2.45, 2.75) is 59.3 Å². The molecule has 0 saturated heterocycles. The number of nitrogens with zero attached hydrogens (tertiary/aromatic N) is 6. The molecule has 7 rings (SSSR count). The standard InChI is InChI=1S/C18H21FN2O3.C13H9FN2O.C13H13FN2O.C6H4N2O/c1-18(2,3)24-17(22)21-10-15-8-9-16(11-20-15)23-12-13-4-6-14(19)7-5-13;1-15-13-7-6-12(8-16-13)17-9-10-2-4-11(14)5-3-10;14-11-3-1-10(2-4-11)9-17-13-6-5-12(7-15)16-8-13;1-7-6-3-2-5(9)4-8-6/h4-9,11H,10,12H2,1-3H3,(H,21,22);2-8H,9H2;1-6,8H,7,9,15H2;2-4,9H. The first-order valence-electron chi connectivity index (χ1n) is 20.2. The minimum Gasteiger partial charge on any atom is -0.504 e. The number of aromatic hydroxyl groups is 1. The number of carbonyl (C=O) groups is 1. The molecule has 14 nitrogen and oxygen atoms in total. The molecule has 67 heavy (non-hydrogen) atoms. The number of hydrogen-bond donors (Lipinski definition) is 3. The van der Waals surface area contributed by atoms with E-state index in [1.807, 2.05) is 12.1 Å². The summed E-state index contributed by atoms with van der Waals surface area (Å²) in [5.41, 5.74) is 9.07. The van der Waals surface area contributed by atoms with E-state index in [0.29, 0.717) is 60.9 Å². The van der Waals surface area contributed by atoms with Gasteiger partial charge in [-0.05, 0) is 122 Å². The van der Waals surface area contributed by atoms with E-state index in [1.54, 1.807) is 93.8 Å². The maximum atomic E-state index is 12.8. The molecule has 3 aromatic carbocycles. The van der Waals surface area contributed by atoms with E-state index in [4.69, 9.17) is 42.9 Å². The molecule has 0 aliphatic carbocycles. The Bertz CT molecular complexity index is 2620. The van der Waals surface area contributed by atoms with Crippen molar-refractivity contribution in [2.75, 3.05) is 0 Å². The lowest BCUT2D eigenvalue weighted by molar-refractivity contribution is 0.0523. The molecule has 0 saturated carbocycles. The Morgan fingerprint density at radius 2 is 0.970 bits per heavy atom. The predicted octanol–water partition coefficient (Wildman–Crippen LogP) is 10.8. The summed E-state index contributed by atoms with van der Waals surface area (Å²) >= 11 is 0. The topological polar surface area (TPSA) is 173 Å². The molecule has 0 unspecified atom stereocenters. The number of ether oxygens (including phenoxy) is 4. The molecule has 1 amide bonds. The fourth-order valence-electron chi connectivity index (χ4n) is 4.91. The number of halogens is 3. The molecule has 7 aromatic rings. The Labute approximate surface area is 386 Å². The van der Waals surface area contributed by atoms with Crippen LogP contribution in [0.4, 0.5) is 29.6 Å². The third-order valence-corrected chi connectivity index (χ3v) is 8.26. The average Bonchev–Trinajstić information content (AvgIpc) is 3.34. The molecule has 0 spiro atoms. The highest BCUT2D eigenvalue weighted by Gasteiger charge is 2.16. The number of nitrogens with one attached hydrogen (secondary N) is 1. The molecule has 4 heterocycles. The molecule has 4 aromatic heterocycles. The Hall–Kier alpha value is -8.54. The van der Waals surface area contributed by atoms with Gasteiger partial charge in [0.05, 0.1) is 30.3 Å². The first-order valence-corrected chi connectivity index (χ1v) is 20.2. The molecule has 4 N–H and O–H groups in total. The fourth-order valence-corrected chi connectivity index (χ4v) is 4.91. The van der Waals surface area contributed by atoms with Gasteiger partial charge in [0.25, 0.3) is 11.6 Å². The highest BCUT2D eigenvalue weighted by atomic mass is 19.1. The third kappa shape index (κ3) is 20.7. The zero-order valence-electron chi connectivity index (χ0n) is 36.8. The van der Waals surface area contributed by atoms with Gasteiger partial charge in [0.2, 0.25) is 0 Å². The fraction of sp³-hybridized carbons (Fsp3) is 0.180. The number of nitrogens with two attached hydrogens (primary N) is 1. The van der Waals surface area contributed by atoms with Gasteiger partial charge in [-0.15, -0.1) is 9.97 Å². The van der Waals surface area contributed by atoms with Crippen molar-refractivity contribution in [3.05, 3.63) is 214 Å². The van der Waals surface area contributed by atoms with Crippen molar-refractivity contribution in [1.29, 1.82) is 0 Å². The average molecular weight is 913 g/mol. The molecule has 0 atom stereocenters. The Morgan fingerprint density at radius 3 is 1.30 bits per heavy atom. The van der Waals surface area contributed by atoms with Crippen LogP contribution in [-0.4, -0.2) is 36.7 Å². The molecule has 344 valence electrons. The van der Waals surface area contributed by atoms with Crippen molar-refractivity contribution in [3.8, 4) is 23.0 Å². The van der Waals surface area contributed by atoms with Crippen LogP contribution in [0.2, 0.25) is 0 Å². The lowest BCUT2D eigenvalue weighted by Crippen LogP contribution is -2.32. The highest BCUT2D eigenvalue weighted by molar-refractivity contribution is 5.67. The van der Waals surface area contributed by atoms with Gasteiger partial charge in [-0.3, -0.25) is 9.97 Å². The maximum Gasteiger partial charge on any atom is 0.407 e. The van der Waals surface area contributed by atoms with Crippen molar-refractivity contribution < 1.29 is 42.0 Å². The van der Waals surface area contributed by atoms with Gasteiger partial charge in [-0.25, -0.2) is 18.0 Å². The second-order valence-corrected chi connectivity index (χ2v) is 14.7. The maximum absolute atomic E-state index is 12.8. The van der Waals surface area contributed by atoms with E-state index in [1.165, 1.54) is 60.9 Å². The van der Waals surface area contributed by atoms with E-state index in [2.05, 4.69) is 34.9 Å². The number of aromatic nitrogens is 4. The molecular weight excluding hydrogens is 866 g/mol. The Balaban J connectivity index is 0.000000204. The largest absolute Gasteiger partial charge is 0.504 e. The lowest BCUT2D eigenvalue weighted by Gasteiger charge is -2.19. The molecule has 0 radical (unpaired) electrons. The van der Waals surface area contributed by atoms with E-state index in [-0.39, 0.29) is 29.7 Å². The van der Waals surface area contributed by atoms with Crippen LogP contribution in [0.5, 0.6) is 23.0 Å². The predicted molar refractivity (Wildman–Crippen MR) is 244 cm³/mol. The quantitative estimate of drug-likeness (QED) is 0.0996. The molecule has 0 fully saturated rings. The van der Waals surface area contributed by atoms with E-state index >= 15 is 0 Å². The number of rotatable bonds is 12. The normalized spacial score (nSPS) is 10.1. The molecular formula is C50H47F3N8O6. The van der Waals surface area contributed by atoms with E-state index < -0.39 is 11.7 Å². The monoisotopic (exact) mass is 912 g/mol. The lowest BCUT2D eigenvalue weighted by atomic mass is 10.2. The number of benzene rings is 3. The van der Waals surface area contributed by atoms with Crippen LogP contribution < -0.4 is 25.3 Å². The first kappa shape index (κ1) is 51.1. The third-order valence-electron chi connectivity index (χ3n) is 8.26. The summed E-state index contributed by atoms with van der Waals surface area (Å²) in [5.74, 6) is 1.78. The van der Waals surface area contributed by atoms with Crippen LogP contribution in [0.1, 0.15) is 48.8 Å². The smallest absolute Gasteiger partial charge is 0.407 e. The zero-order chi connectivity index (χ0) is 48.4. The minimum absolute atomic E-state index is 0.0856.